The van der Waals surface area contributed by atoms with E-state index in [-0.39, 0.29) is 6.10 Å². The van der Waals surface area contributed by atoms with E-state index in [1.807, 2.05) is 32.9 Å². The largest absolute Gasteiger partial charge is 0.446 e. The van der Waals surface area contributed by atoms with Crippen molar-refractivity contribution in [1.29, 1.82) is 0 Å². The van der Waals surface area contributed by atoms with Gasteiger partial charge in [0.15, 0.2) is 11.5 Å². The molecule has 0 fully saturated rings. The zero-order valence-electron chi connectivity index (χ0n) is 13.6. The molecule has 0 unspecified atom stereocenters. The Morgan fingerprint density at radius 1 is 1.48 bits per heavy atom. The zero-order valence-corrected chi connectivity index (χ0v) is 15.2. The fourth-order valence-corrected chi connectivity index (χ4v) is 2.34. The predicted molar refractivity (Wildman–Crippen MR) is 91.1 cm³/mol. The Morgan fingerprint density at radius 2 is 2.22 bits per heavy atom. The van der Waals surface area contributed by atoms with Gasteiger partial charge < -0.3 is 4.74 Å². The van der Waals surface area contributed by atoms with Crippen molar-refractivity contribution in [3.63, 3.8) is 0 Å². The molecule has 23 heavy (non-hydrogen) atoms. The molecule has 8 heteroatoms. The van der Waals surface area contributed by atoms with Crippen molar-refractivity contribution in [2.75, 3.05) is 5.32 Å². The van der Waals surface area contributed by atoms with Crippen LogP contribution in [-0.2, 0) is 11.8 Å². The van der Waals surface area contributed by atoms with Gasteiger partial charge in [-0.25, -0.2) is 9.48 Å². The van der Waals surface area contributed by atoms with Crippen molar-refractivity contribution >= 4 is 27.8 Å². The average molecular weight is 382 g/mol. The normalized spacial score (nSPS) is 12.0. The third-order valence-electron chi connectivity index (χ3n) is 3.31. The molecular weight excluding hydrogens is 362 g/mol. The smallest absolute Gasteiger partial charge is 0.413 e. The summed E-state index contributed by atoms with van der Waals surface area (Å²) in [5.41, 5.74) is 1.97. The average Bonchev–Trinajstić information content (AvgIpc) is 2.83. The molecule has 2 aromatic rings. The Hall–Kier alpha value is -1.96. The van der Waals surface area contributed by atoms with E-state index >= 15 is 0 Å². The summed E-state index contributed by atoms with van der Waals surface area (Å²) in [6, 6.07) is 3.70. The van der Waals surface area contributed by atoms with Crippen LogP contribution in [0.4, 0.5) is 10.6 Å². The van der Waals surface area contributed by atoms with Crippen LogP contribution in [0, 0.1) is 6.92 Å². The van der Waals surface area contributed by atoms with E-state index in [1.54, 1.807) is 7.05 Å². The molecule has 0 aromatic carbocycles. The number of carbonyl (C=O) groups excluding carboxylic acids is 1. The Morgan fingerprint density at radius 3 is 2.87 bits per heavy atom. The fourth-order valence-electron chi connectivity index (χ4n) is 2.12. The molecule has 2 heterocycles. The lowest BCUT2D eigenvalue weighted by Gasteiger charge is -2.13. The highest BCUT2D eigenvalue weighted by molar-refractivity contribution is 9.10. The predicted octanol–water partition coefficient (Wildman–Crippen LogP) is 3.69. The maximum Gasteiger partial charge on any atom is 0.413 e. The summed E-state index contributed by atoms with van der Waals surface area (Å²) in [6.07, 6.45) is 1.11. The van der Waals surface area contributed by atoms with Gasteiger partial charge in [0.05, 0.1) is 11.4 Å². The molecule has 0 saturated heterocycles. The minimum absolute atomic E-state index is 0.141. The van der Waals surface area contributed by atoms with Crippen LogP contribution in [0.2, 0.25) is 0 Å². The number of rotatable bonds is 5. The number of amides is 1. The fraction of sp³-hybridized carbons (Fsp3) is 0.467. The number of ether oxygens (including phenoxy) is 1. The van der Waals surface area contributed by atoms with Crippen molar-refractivity contribution in [2.24, 2.45) is 7.05 Å². The molecule has 1 N–H and O–H groups in total. The van der Waals surface area contributed by atoms with Crippen molar-refractivity contribution in [2.45, 2.75) is 39.7 Å². The molecule has 2 aromatic heterocycles. The molecule has 0 radical (unpaired) electrons. The lowest BCUT2D eigenvalue weighted by molar-refractivity contribution is 0.115. The second-order valence-electron chi connectivity index (χ2n) is 5.30. The molecule has 2 rings (SSSR count). The molecule has 1 atom stereocenters. The highest BCUT2D eigenvalue weighted by atomic mass is 79.9. The van der Waals surface area contributed by atoms with Crippen LogP contribution in [0.25, 0.3) is 11.4 Å². The summed E-state index contributed by atoms with van der Waals surface area (Å²) in [5, 5.41) is 10.8. The maximum absolute atomic E-state index is 12.0. The topological polar surface area (TPSA) is 81.9 Å². The van der Waals surface area contributed by atoms with Gasteiger partial charge in [0, 0.05) is 11.5 Å². The number of aromatic nitrogens is 4. The van der Waals surface area contributed by atoms with E-state index < -0.39 is 6.09 Å². The van der Waals surface area contributed by atoms with E-state index in [0.717, 1.165) is 23.0 Å². The van der Waals surface area contributed by atoms with Gasteiger partial charge in [0.25, 0.3) is 0 Å². The molecule has 124 valence electrons. The van der Waals surface area contributed by atoms with Crippen LogP contribution in [0.3, 0.4) is 0 Å². The standard InChI is InChI=1S/C15H20BrN5O2/c1-5-6-9(2)23-15(22)18-14-13(19-20-21(14)4)12-8-7-11(16)10(3)17-12/h7-9H,5-6H2,1-4H3,(H,18,22)/t9-/m1/s1. The van der Waals surface area contributed by atoms with Gasteiger partial charge in [-0.05, 0) is 48.3 Å². The Kier molecular flexibility index (Phi) is 5.70. The van der Waals surface area contributed by atoms with Gasteiger partial charge in [0.2, 0.25) is 0 Å². The molecule has 7 nitrogen and oxygen atoms in total. The molecule has 0 spiro atoms. The van der Waals surface area contributed by atoms with E-state index in [0.29, 0.717) is 17.2 Å². The van der Waals surface area contributed by atoms with Crippen molar-refractivity contribution in [3.8, 4) is 11.4 Å². The van der Waals surface area contributed by atoms with Crippen molar-refractivity contribution in [1.82, 2.24) is 20.0 Å². The maximum atomic E-state index is 12.0. The van der Waals surface area contributed by atoms with Crippen LogP contribution < -0.4 is 5.32 Å². The number of halogens is 1. The third kappa shape index (κ3) is 4.28. The molecule has 0 aliphatic rings. The molecule has 0 bridgehead atoms. The third-order valence-corrected chi connectivity index (χ3v) is 4.15. The number of hydrogen-bond donors (Lipinski definition) is 1. The summed E-state index contributed by atoms with van der Waals surface area (Å²) >= 11 is 3.41. The Balaban J connectivity index is 2.21. The monoisotopic (exact) mass is 381 g/mol. The van der Waals surface area contributed by atoms with Gasteiger partial charge in [0.1, 0.15) is 6.10 Å². The minimum atomic E-state index is -0.522. The number of aryl methyl sites for hydroxylation is 2. The Labute approximate surface area is 143 Å². The quantitative estimate of drug-likeness (QED) is 0.853. The summed E-state index contributed by atoms with van der Waals surface area (Å²) < 4.78 is 7.70. The lowest BCUT2D eigenvalue weighted by Crippen LogP contribution is -2.21. The van der Waals surface area contributed by atoms with E-state index in [4.69, 9.17) is 4.74 Å². The highest BCUT2D eigenvalue weighted by Crippen LogP contribution is 2.26. The molecular formula is C15H20BrN5O2. The summed E-state index contributed by atoms with van der Waals surface area (Å²) in [7, 11) is 1.70. The number of anilines is 1. The zero-order chi connectivity index (χ0) is 17.0. The first kappa shape index (κ1) is 17.4. The summed E-state index contributed by atoms with van der Waals surface area (Å²) in [6.45, 7) is 5.80. The van der Waals surface area contributed by atoms with Gasteiger partial charge in [-0.15, -0.1) is 5.10 Å². The highest BCUT2D eigenvalue weighted by Gasteiger charge is 2.18. The first-order valence-electron chi connectivity index (χ1n) is 7.43. The number of pyridine rings is 1. The Bertz CT molecular complexity index is 701. The van der Waals surface area contributed by atoms with Crippen LogP contribution in [0.1, 0.15) is 32.4 Å². The first-order chi connectivity index (χ1) is 10.9. The summed E-state index contributed by atoms with van der Waals surface area (Å²) in [5.74, 6) is 0.452. The van der Waals surface area contributed by atoms with Crippen molar-refractivity contribution in [3.05, 3.63) is 22.3 Å². The van der Waals surface area contributed by atoms with Gasteiger partial charge in [-0.3, -0.25) is 10.3 Å². The second-order valence-corrected chi connectivity index (χ2v) is 6.16. The van der Waals surface area contributed by atoms with Crippen LogP contribution in [-0.4, -0.2) is 32.2 Å². The van der Waals surface area contributed by atoms with Crippen LogP contribution >= 0.6 is 15.9 Å². The van der Waals surface area contributed by atoms with Crippen LogP contribution in [0.15, 0.2) is 16.6 Å². The van der Waals surface area contributed by atoms with Gasteiger partial charge in [-0.2, -0.15) is 0 Å². The SMILES string of the molecule is CCC[C@@H](C)OC(=O)Nc1c(-c2ccc(Br)c(C)n2)nnn1C. The molecule has 1 amide bonds. The van der Waals surface area contributed by atoms with E-state index in [2.05, 4.69) is 36.5 Å². The van der Waals surface area contributed by atoms with E-state index in [1.165, 1.54) is 4.68 Å². The second kappa shape index (κ2) is 7.54. The number of nitrogens with one attached hydrogen (secondary N) is 1. The molecule has 0 aliphatic carbocycles. The molecule has 0 saturated carbocycles. The lowest BCUT2D eigenvalue weighted by atomic mass is 10.2. The van der Waals surface area contributed by atoms with E-state index in [9.17, 15) is 4.79 Å². The van der Waals surface area contributed by atoms with Crippen LogP contribution in [0.5, 0.6) is 0 Å². The summed E-state index contributed by atoms with van der Waals surface area (Å²) in [4.78, 5) is 16.5. The first-order valence-corrected chi connectivity index (χ1v) is 8.22. The number of nitrogens with zero attached hydrogens (tertiary/aromatic N) is 4. The minimum Gasteiger partial charge on any atom is -0.446 e. The molecule has 0 aliphatic heterocycles. The number of carbonyl (C=O) groups is 1. The number of hydrogen-bond acceptors (Lipinski definition) is 5. The van der Waals surface area contributed by atoms with Crippen molar-refractivity contribution < 1.29 is 9.53 Å². The van der Waals surface area contributed by atoms with Gasteiger partial charge >= 0.3 is 6.09 Å². The van der Waals surface area contributed by atoms with Gasteiger partial charge in [-0.1, -0.05) is 18.6 Å².